The van der Waals surface area contributed by atoms with E-state index in [1.54, 1.807) is 0 Å². The predicted octanol–water partition coefficient (Wildman–Crippen LogP) is 4.40. The van der Waals surface area contributed by atoms with Gasteiger partial charge in [-0.05, 0) is 60.6 Å². The zero-order chi connectivity index (χ0) is 14.8. The van der Waals surface area contributed by atoms with Crippen LogP contribution in [0.3, 0.4) is 0 Å². The maximum absolute atomic E-state index is 10.7. The maximum Gasteiger partial charge on any atom is 0.0634 e. The number of hydrogen-bond acceptors (Lipinski definition) is 2. The van der Waals surface area contributed by atoms with Gasteiger partial charge >= 0.3 is 0 Å². The standard InChI is InChI=1S/C18H29NO/c1-13(14-9-11-19-12-10-14)17(20)15-5-7-16(8-6-15)18(2,3)4/h9-13,15-17,20H,5-8H2,1-4H3. The predicted molar refractivity (Wildman–Crippen MR) is 83.6 cm³/mol. The second-order valence-corrected chi connectivity index (χ2v) is 7.54. The number of pyridine rings is 1. The van der Waals surface area contributed by atoms with E-state index in [-0.39, 0.29) is 12.0 Å². The number of hydrogen-bond donors (Lipinski definition) is 1. The Labute approximate surface area is 123 Å². The quantitative estimate of drug-likeness (QED) is 0.887. The van der Waals surface area contributed by atoms with Crippen LogP contribution in [0.25, 0.3) is 0 Å². The van der Waals surface area contributed by atoms with Crippen LogP contribution in [0.4, 0.5) is 0 Å². The van der Waals surface area contributed by atoms with Gasteiger partial charge in [0.1, 0.15) is 0 Å². The van der Waals surface area contributed by atoms with Crippen molar-refractivity contribution in [1.82, 2.24) is 4.98 Å². The fraction of sp³-hybridized carbons (Fsp3) is 0.722. The summed E-state index contributed by atoms with van der Waals surface area (Å²) in [6, 6.07) is 4.04. The average molecular weight is 275 g/mol. The van der Waals surface area contributed by atoms with Gasteiger partial charge < -0.3 is 5.11 Å². The topological polar surface area (TPSA) is 33.1 Å². The van der Waals surface area contributed by atoms with E-state index in [4.69, 9.17) is 0 Å². The van der Waals surface area contributed by atoms with Crippen molar-refractivity contribution >= 4 is 0 Å². The molecule has 1 heterocycles. The van der Waals surface area contributed by atoms with Crippen molar-refractivity contribution in [2.24, 2.45) is 17.3 Å². The van der Waals surface area contributed by atoms with E-state index in [9.17, 15) is 5.11 Å². The van der Waals surface area contributed by atoms with Crippen molar-refractivity contribution in [3.05, 3.63) is 30.1 Å². The van der Waals surface area contributed by atoms with Gasteiger partial charge in [0.25, 0.3) is 0 Å². The van der Waals surface area contributed by atoms with E-state index < -0.39 is 0 Å². The molecule has 1 aliphatic rings. The summed E-state index contributed by atoms with van der Waals surface area (Å²) in [5.74, 6) is 1.47. The van der Waals surface area contributed by atoms with Gasteiger partial charge in [-0.2, -0.15) is 0 Å². The summed E-state index contributed by atoms with van der Waals surface area (Å²) in [4.78, 5) is 4.05. The molecule has 2 heteroatoms. The summed E-state index contributed by atoms with van der Waals surface area (Å²) < 4.78 is 0. The Kier molecular flexibility index (Phi) is 4.85. The molecule has 1 aliphatic carbocycles. The van der Waals surface area contributed by atoms with Crippen LogP contribution >= 0.6 is 0 Å². The normalized spacial score (nSPS) is 27.1. The lowest BCUT2D eigenvalue weighted by atomic mass is 9.67. The Morgan fingerprint density at radius 1 is 1.10 bits per heavy atom. The lowest BCUT2D eigenvalue weighted by molar-refractivity contribution is 0.0392. The van der Waals surface area contributed by atoms with Crippen LogP contribution in [0, 0.1) is 17.3 Å². The van der Waals surface area contributed by atoms with Crippen molar-refractivity contribution in [3.63, 3.8) is 0 Å². The highest BCUT2D eigenvalue weighted by atomic mass is 16.3. The van der Waals surface area contributed by atoms with Crippen molar-refractivity contribution in [2.75, 3.05) is 0 Å². The summed E-state index contributed by atoms with van der Waals surface area (Å²) in [6.45, 7) is 9.16. The highest BCUT2D eigenvalue weighted by Gasteiger charge is 2.34. The first kappa shape index (κ1) is 15.5. The number of rotatable bonds is 3. The lowest BCUT2D eigenvalue weighted by Gasteiger charge is -2.39. The molecule has 2 unspecified atom stereocenters. The first-order chi connectivity index (χ1) is 9.39. The Morgan fingerprint density at radius 3 is 2.15 bits per heavy atom. The molecule has 112 valence electrons. The van der Waals surface area contributed by atoms with Gasteiger partial charge in [0.05, 0.1) is 6.10 Å². The molecule has 20 heavy (non-hydrogen) atoms. The Bertz CT molecular complexity index is 401. The zero-order valence-corrected chi connectivity index (χ0v) is 13.3. The van der Waals surface area contributed by atoms with Crippen LogP contribution in [0.5, 0.6) is 0 Å². The molecule has 1 fully saturated rings. The van der Waals surface area contributed by atoms with Crippen molar-refractivity contribution in [2.45, 2.75) is 65.4 Å². The second kappa shape index (κ2) is 6.26. The summed E-state index contributed by atoms with van der Waals surface area (Å²) in [5, 5.41) is 10.7. The van der Waals surface area contributed by atoms with Gasteiger partial charge in [0.2, 0.25) is 0 Å². The molecule has 0 aromatic carbocycles. The third-order valence-electron chi connectivity index (χ3n) is 5.22. The molecule has 0 spiro atoms. The summed E-state index contributed by atoms with van der Waals surface area (Å²) >= 11 is 0. The van der Waals surface area contributed by atoms with Gasteiger partial charge in [-0.1, -0.05) is 27.7 Å². The number of aromatic nitrogens is 1. The molecule has 2 nitrogen and oxygen atoms in total. The Hall–Kier alpha value is -0.890. The maximum atomic E-state index is 10.7. The molecule has 1 aromatic rings. The number of aliphatic hydroxyl groups excluding tert-OH is 1. The molecule has 2 atom stereocenters. The molecule has 0 radical (unpaired) electrons. The Morgan fingerprint density at radius 2 is 1.65 bits per heavy atom. The van der Waals surface area contributed by atoms with Gasteiger partial charge in [-0.25, -0.2) is 0 Å². The molecule has 0 aliphatic heterocycles. The highest BCUT2D eigenvalue weighted by Crippen LogP contribution is 2.42. The smallest absolute Gasteiger partial charge is 0.0634 e. The van der Waals surface area contributed by atoms with E-state index in [1.165, 1.54) is 31.2 Å². The first-order valence-corrected chi connectivity index (χ1v) is 7.97. The summed E-state index contributed by atoms with van der Waals surface area (Å²) in [6.07, 6.45) is 8.25. The number of aliphatic hydroxyl groups is 1. The minimum atomic E-state index is -0.224. The van der Waals surface area contributed by atoms with E-state index in [1.807, 2.05) is 24.5 Å². The molecule has 0 saturated heterocycles. The second-order valence-electron chi connectivity index (χ2n) is 7.54. The van der Waals surface area contributed by atoms with Gasteiger partial charge in [-0.15, -0.1) is 0 Å². The van der Waals surface area contributed by atoms with Gasteiger partial charge in [0.15, 0.2) is 0 Å². The monoisotopic (exact) mass is 275 g/mol. The van der Waals surface area contributed by atoms with Crippen molar-refractivity contribution in [3.8, 4) is 0 Å². The largest absolute Gasteiger partial charge is 0.392 e. The van der Waals surface area contributed by atoms with Crippen LogP contribution in [0.2, 0.25) is 0 Å². The SMILES string of the molecule is CC(c1ccncc1)C(O)C1CCC(C(C)(C)C)CC1. The molecule has 1 saturated carbocycles. The molecule has 2 rings (SSSR count). The van der Waals surface area contributed by atoms with Crippen molar-refractivity contribution < 1.29 is 5.11 Å². The summed E-state index contributed by atoms with van der Waals surface area (Å²) in [5.41, 5.74) is 1.61. The minimum absolute atomic E-state index is 0.203. The van der Waals surface area contributed by atoms with Gasteiger partial charge in [0, 0.05) is 18.3 Å². The van der Waals surface area contributed by atoms with Crippen LogP contribution in [0.15, 0.2) is 24.5 Å². The van der Waals surface area contributed by atoms with Gasteiger partial charge in [-0.3, -0.25) is 4.98 Å². The molecular formula is C18H29NO. The number of nitrogens with zero attached hydrogens (tertiary/aromatic N) is 1. The third-order valence-corrected chi connectivity index (χ3v) is 5.22. The average Bonchev–Trinajstić information content (AvgIpc) is 2.46. The molecule has 0 amide bonds. The van der Waals surface area contributed by atoms with E-state index in [0.29, 0.717) is 11.3 Å². The first-order valence-electron chi connectivity index (χ1n) is 7.97. The zero-order valence-electron chi connectivity index (χ0n) is 13.3. The van der Waals surface area contributed by atoms with Crippen LogP contribution in [-0.4, -0.2) is 16.2 Å². The van der Waals surface area contributed by atoms with Crippen molar-refractivity contribution in [1.29, 1.82) is 0 Å². The highest BCUT2D eigenvalue weighted by molar-refractivity contribution is 5.16. The molecular weight excluding hydrogens is 246 g/mol. The minimum Gasteiger partial charge on any atom is -0.392 e. The summed E-state index contributed by atoms with van der Waals surface area (Å²) in [7, 11) is 0. The molecule has 1 N–H and O–H groups in total. The third kappa shape index (κ3) is 3.60. The van der Waals surface area contributed by atoms with Crippen LogP contribution in [-0.2, 0) is 0 Å². The van der Waals surface area contributed by atoms with Crippen LogP contribution in [0.1, 0.15) is 64.9 Å². The Balaban J connectivity index is 1.93. The lowest BCUT2D eigenvalue weighted by Crippen LogP contribution is -2.33. The van der Waals surface area contributed by atoms with E-state index in [2.05, 4.69) is 32.7 Å². The fourth-order valence-corrected chi connectivity index (χ4v) is 3.60. The molecule has 0 bridgehead atoms. The van der Waals surface area contributed by atoms with E-state index in [0.717, 1.165) is 5.92 Å². The molecule has 1 aromatic heterocycles. The van der Waals surface area contributed by atoms with E-state index >= 15 is 0 Å². The fourth-order valence-electron chi connectivity index (χ4n) is 3.60. The van der Waals surface area contributed by atoms with Crippen LogP contribution < -0.4 is 0 Å².